The Morgan fingerprint density at radius 3 is 2.89 bits per heavy atom. The Kier molecular flexibility index (Phi) is 3.88. The summed E-state index contributed by atoms with van der Waals surface area (Å²) in [4.78, 5) is 20.6. The highest BCUT2D eigenvalue weighted by Gasteiger charge is 2.10. The molecule has 2 aromatic rings. The first-order valence-electron chi connectivity index (χ1n) is 5.66. The molecule has 5 nitrogen and oxygen atoms in total. The van der Waals surface area contributed by atoms with E-state index >= 15 is 0 Å². The van der Waals surface area contributed by atoms with Crippen LogP contribution in [0.25, 0.3) is 0 Å². The molecule has 1 amide bonds. The van der Waals surface area contributed by atoms with Gasteiger partial charge in [-0.15, -0.1) is 11.3 Å². The van der Waals surface area contributed by atoms with E-state index < -0.39 is 0 Å². The topological polar surface area (TPSA) is 80.9 Å². The maximum Gasteiger partial charge on any atom is 0.267 e. The van der Waals surface area contributed by atoms with Crippen LogP contribution in [0, 0.1) is 0 Å². The molecule has 0 aromatic carbocycles. The Morgan fingerprint density at radius 2 is 2.22 bits per heavy atom. The minimum Gasteiger partial charge on any atom is -0.384 e. The number of hydrogen-bond acceptors (Lipinski definition) is 5. The smallest absolute Gasteiger partial charge is 0.267 e. The molecule has 6 heteroatoms. The molecule has 0 aliphatic heterocycles. The Balaban J connectivity index is 2.04. The lowest BCUT2D eigenvalue weighted by Gasteiger charge is -2.02. The molecule has 0 bridgehead atoms. The van der Waals surface area contributed by atoms with Crippen LogP contribution in [0.4, 0.5) is 11.5 Å². The molecule has 0 unspecified atom stereocenters. The third-order valence-corrected chi connectivity index (χ3v) is 3.34. The first kappa shape index (κ1) is 12.5. The molecule has 2 rings (SSSR count). The van der Waals surface area contributed by atoms with Crippen molar-refractivity contribution in [1.29, 1.82) is 0 Å². The number of carbonyl (C=O) groups is 1. The Morgan fingerprint density at radius 1 is 1.39 bits per heavy atom. The van der Waals surface area contributed by atoms with E-state index in [0.29, 0.717) is 16.4 Å². The van der Waals surface area contributed by atoms with Gasteiger partial charge >= 0.3 is 0 Å². The van der Waals surface area contributed by atoms with E-state index in [0.717, 1.165) is 17.8 Å². The average molecular weight is 262 g/mol. The number of nitrogens with one attached hydrogen (secondary N) is 1. The normalized spacial score (nSPS) is 10.3. The van der Waals surface area contributed by atoms with E-state index in [9.17, 15) is 4.79 Å². The van der Waals surface area contributed by atoms with Gasteiger partial charge in [-0.25, -0.2) is 9.97 Å². The first-order chi connectivity index (χ1) is 8.69. The van der Waals surface area contributed by atoms with Crippen LogP contribution >= 0.6 is 11.3 Å². The molecule has 0 saturated carbocycles. The third-order valence-electron chi connectivity index (χ3n) is 2.29. The molecule has 94 valence electrons. The SMILES string of the molecule is CCCc1ncc(C(=O)Nc2ccc(N)nc2)s1. The van der Waals surface area contributed by atoms with Crippen molar-refractivity contribution in [2.75, 3.05) is 11.1 Å². The van der Waals surface area contributed by atoms with Crippen LogP contribution in [0.1, 0.15) is 28.0 Å². The fraction of sp³-hybridized carbons (Fsp3) is 0.250. The number of amides is 1. The zero-order valence-electron chi connectivity index (χ0n) is 10.0. The van der Waals surface area contributed by atoms with Crippen LogP contribution in [0.15, 0.2) is 24.5 Å². The molecule has 0 spiro atoms. The number of thiazole rings is 1. The van der Waals surface area contributed by atoms with Gasteiger partial charge in [0.05, 0.1) is 23.1 Å². The molecule has 0 aliphatic carbocycles. The molecular formula is C12H14N4OS. The van der Waals surface area contributed by atoms with Crippen LogP contribution in [0.5, 0.6) is 0 Å². The van der Waals surface area contributed by atoms with E-state index in [4.69, 9.17) is 5.73 Å². The standard InChI is InChI=1S/C12H14N4OS/c1-2-3-11-15-7-9(18-11)12(17)16-8-4-5-10(13)14-6-8/h4-7H,2-3H2,1H3,(H2,13,14)(H,16,17). The second-order valence-corrected chi connectivity index (χ2v) is 4.91. The number of nitrogen functional groups attached to an aromatic ring is 1. The molecule has 2 heterocycles. The number of rotatable bonds is 4. The van der Waals surface area contributed by atoms with Crippen LogP contribution in [0.3, 0.4) is 0 Å². The van der Waals surface area contributed by atoms with E-state index in [1.165, 1.54) is 17.5 Å². The minimum atomic E-state index is -0.165. The summed E-state index contributed by atoms with van der Waals surface area (Å²) in [7, 11) is 0. The second-order valence-electron chi connectivity index (χ2n) is 3.79. The van der Waals surface area contributed by atoms with Gasteiger partial charge in [-0.3, -0.25) is 4.79 Å². The number of pyridine rings is 1. The number of carbonyl (C=O) groups excluding carboxylic acids is 1. The van der Waals surface area contributed by atoms with Gasteiger partial charge < -0.3 is 11.1 Å². The van der Waals surface area contributed by atoms with Crippen LogP contribution in [-0.4, -0.2) is 15.9 Å². The van der Waals surface area contributed by atoms with E-state index in [-0.39, 0.29) is 5.91 Å². The fourth-order valence-corrected chi connectivity index (χ4v) is 2.33. The summed E-state index contributed by atoms with van der Waals surface area (Å²) in [6.07, 6.45) is 5.06. The largest absolute Gasteiger partial charge is 0.384 e. The fourth-order valence-electron chi connectivity index (χ4n) is 1.42. The van der Waals surface area contributed by atoms with Crippen molar-refractivity contribution >= 4 is 28.7 Å². The zero-order valence-corrected chi connectivity index (χ0v) is 10.8. The number of nitrogens with zero attached hydrogens (tertiary/aromatic N) is 2. The Hall–Kier alpha value is -1.95. The molecule has 18 heavy (non-hydrogen) atoms. The number of aromatic nitrogens is 2. The summed E-state index contributed by atoms with van der Waals surface area (Å²) < 4.78 is 0. The van der Waals surface area contributed by atoms with Gasteiger partial charge in [0.15, 0.2) is 0 Å². The molecule has 0 fully saturated rings. The average Bonchev–Trinajstić information content (AvgIpc) is 2.81. The van der Waals surface area contributed by atoms with Crippen molar-refractivity contribution in [2.24, 2.45) is 0 Å². The predicted octanol–water partition coefficient (Wildman–Crippen LogP) is 2.33. The molecule has 2 aromatic heterocycles. The summed E-state index contributed by atoms with van der Waals surface area (Å²) in [5.74, 6) is 0.262. The number of hydrogen-bond donors (Lipinski definition) is 2. The molecule has 0 radical (unpaired) electrons. The molecular weight excluding hydrogens is 248 g/mol. The van der Waals surface area contributed by atoms with Crippen molar-refractivity contribution in [1.82, 2.24) is 9.97 Å². The highest BCUT2D eigenvalue weighted by atomic mass is 32.1. The lowest BCUT2D eigenvalue weighted by molar-refractivity contribution is 0.103. The van der Waals surface area contributed by atoms with Crippen LogP contribution in [-0.2, 0) is 6.42 Å². The number of nitrogens with two attached hydrogens (primary N) is 1. The van der Waals surface area contributed by atoms with Crippen molar-refractivity contribution < 1.29 is 4.79 Å². The molecule has 0 saturated heterocycles. The van der Waals surface area contributed by atoms with Crippen molar-refractivity contribution in [3.05, 3.63) is 34.4 Å². The van der Waals surface area contributed by atoms with Gasteiger partial charge in [0.25, 0.3) is 5.91 Å². The predicted molar refractivity (Wildman–Crippen MR) is 72.7 cm³/mol. The van der Waals surface area contributed by atoms with Crippen molar-refractivity contribution in [3.63, 3.8) is 0 Å². The van der Waals surface area contributed by atoms with E-state index in [1.807, 2.05) is 0 Å². The van der Waals surface area contributed by atoms with Gasteiger partial charge in [0.2, 0.25) is 0 Å². The van der Waals surface area contributed by atoms with Crippen LogP contribution < -0.4 is 11.1 Å². The van der Waals surface area contributed by atoms with Crippen molar-refractivity contribution in [3.8, 4) is 0 Å². The molecule has 3 N–H and O–H groups in total. The van der Waals surface area contributed by atoms with Gasteiger partial charge in [-0.2, -0.15) is 0 Å². The highest BCUT2D eigenvalue weighted by molar-refractivity contribution is 7.13. The first-order valence-corrected chi connectivity index (χ1v) is 6.48. The second kappa shape index (κ2) is 5.59. The van der Waals surface area contributed by atoms with Crippen molar-refractivity contribution in [2.45, 2.75) is 19.8 Å². The van der Waals surface area contributed by atoms with E-state index in [1.54, 1.807) is 18.3 Å². The van der Waals surface area contributed by atoms with Gasteiger partial charge in [-0.1, -0.05) is 6.92 Å². The molecule has 0 aliphatic rings. The zero-order chi connectivity index (χ0) is 13.0. The number of aryl methyl sites for hydroxylation is 1. The molecule has 0 atom stereocenters. The lowest BCUT2D eigenvalue weighted by atomic mass is 10.3. The monoisotopic (exact) mass is 262 g/mol. The van der Waals surface area contributed by atoms with Gasteiger partial charge in [0, 0.05) is 0 Å². The summed E-state index contributed by atoms with van der Waals surface area (Å²) in [5.41, 5.74) is 6.10. The maximum atomic E-state index is 11.9. The maximum absolute atomic E-state index is 11.9. The summed E-state index contributed by atoms with van der Waals surface area (Å²) in [5, 5.41) is 3.74. The quantitative estimate of drug-likeness (QED) is 0.886. The summed E-state index contributed by atoms with van der Waals surface area (Å²) >= 11 is 1.42. The van der Waals surface area contributed by atoms with Gasteiger partial charge in [-0.05, 0) is 25.0 Å². The Labute approximate surface area is 109 Å². The lowest BCUT2D eigenvalue weighted by Crippen LogP contribution is -2.10. The van der Waals surface area contributed by atoms with E-state index in [2.05, 4.69) is 22.2 Å². The third kappa shape index (κ3) is 3.04. The summed E-state index contributed by atoms with van der Waals surface area (Å²) in [6.45, 7) is 2.08. The Bertz CT molecular complexity index is 535. The minimum absolute atomic E-state index is 0.165. The van der Waals surface area contributed by atoms with Gasteiger partial charge in [0.1, 0.15) is 10.7 Å². The van der Waals surface area contributed by atoms with Crippen LogP contribution in [0.2, 0.25) is 0 Å². The summed E-state index contributed by atoms with van der Waals surface area (Å²) in [6, 6.07) is 3.36. The highest BCUT2D eigenvalue weighted by Crippen LogP contribution is 2.16. The number of anilines is 2.